The first kappa shape index (κ1) is 16.1. The molecule has 0 saturated carbocycles. The van der Waals surface area contributed by atoms with Crippen LogP contribution in [0, 0.1) is 0 Å². The maximum atomic E-state index is 11.9. The van der Waals surface area contributed by atoms with Gasteiger partial charge in [0.05, 0.1) is 6.10 Å². The second-order valence-corrected chi connectivity index (χ2v) is 5.31. The van der Waals surface area contributed by atoms with Crippen molar-refractivity contribution in [1.82, 2.24) is 0 Å². The molecule has 0 aliphatic heterocycles. The lowest BCUT2D eigenvalue weighted by Gasteiger charge is -2.17. The number of ether oxygens (including phenoxy) is 2. The Balaban J connectivity index is 1.98. The van der Waals surface area contributed by atoms with E-state index in [0.717, 1.165) is 17.5 Å². The van der Waals surface area contributed by atoms with E-state index in [-0.39, 0.29) is 12.1 Å². The molecule has 2 aromatic rings. The van der Waals surface area contributed by atoms with Gasteiger partial charge in [0.1, 0.15) is 5.75 Å². The minimum absolute atomic E-state index is 0.0843. The fourth-order valence-corrected chi connectivity index (χ4v) is 1.99. The van der Waals surface area contributed by atoms with E-state index in [1.54, 1.807) is 6.92 Å². The van der Waals surface area contributed by atoms with Gasteiger partial charge in [-0.3, -0.25) is 0 Å². The Kier molecular flexibility index (Phi) is 5.59. The number of rotatable bonds is 6. The minimum Gasteiger partial charge on any atom is -0.479 e. The van der Waals surface area contributed by atoms with Gasteiger partial charge in [-0.25, -0.2) is 4.79 Å². The smallest absolute Gasteiger partial charge is 0.347 e. The number of benzene rings is 2. The zero-order chi connectivity index (χ0) is 15.9. The average Bonchev–Trinajstić information content (AvgIpc) is 2.56. The molecule has 0 unspecified atom stereocenters. The van der Waals surface area contributed by atoms with Gasteiger partial charge in [0.25, 0.3) is 0 Å². The topological polar surface area (TPSA) is 35.5 Å². The normalized spacial score (nSPS) is 13.2. The largest absolute Gasteiger partial charge is 0.479 e. The van der Waals surface area contributed by atoms with Crippen molar-refractivity contribution in [3.63, 3.8) is 0 Å². The maximum absolute atomic E-state index is 11.9. The Morgan fingerprint density at radius 3 is 2.14 bits per heavy atom. The molecular formula is C19H22O3. The highest BCUT2D eigenvalue weighted by Crippen LogP contribution is 2.22. The van der Waals surface area contributed by atoms with Gasteiger partial charge in [0, 0.05) is 0 Å². The Labute approximate surface area is 131 Å². The number of esters is 1. The van der Waals surface area contributed by atoms with Crippen molar-refractivity contribution in [1.29, 1.82) is 0 Å². The van der Waals surface area contributed by atoms with Crippen LogP contribution >= 0.6 is 0 Å². The lowest BCUT2D eigenvalue weighted by atomic mass is 10.1. The first-order valence-electron chi connectivity index (χ1n) is 7.62. The van der Waals surface area contributed by atoms with E-state index in [9.17, 15) is 4.79 Å². The zero-order valence-corrected chi connectivity index (χ0v) is 13.3. The number of carbonyl (C=O) groups is 1. The Morgan fingerprint density at radius 2 is 1.55 bits per heavy atom. The van der Waals surface area contributed by atoms with Crippen molar-refractivity contribution in [2.75, 3.05) is 0 Å². The molecule has 0 spiro atoms. The highest BCUT2D eigenvalue weighted by Gasteiger charge is 2.18. The van der Waals surface area contributed by atoms with Crippen molar-refractivity contribution >= 4 is 5.97 Å². The lowest BCUT2D eigenvalue weighted by molar-refractivity contribution is -0.155. The van der Waals surface area contributed by atoms with Gasteiger partial charge in [0.15, 0.2) is 6.10 Å². The van der Waals surface area contributed by atoms with Crippen molar-refractivity contribution < 1.29 is 14.3 Å². The predicted octanol–water partition coefficient (Wildman–Crippen LogP) is 4.46. The molecular weight excluding hydrogens is 276 g/mol. The van der Waals surface area contributed by atoms with Gasteiger partial charge >= 0.3 is 5.97 Å². The molecule has 0 saturated heterocycles. The number of hydrogen-bond acceptors (Lipinski definition) is 3. The Bertz CT molecular complexity index is 590. The van der Waals surface area contributed by atoms with Crippen molar-refractivity contribution in [2.24, 2.45) is 0 Å². The van der Waals surface area contributed by atoms with Crippen LogP contribution in [0.15, 0.2) is 54.6 Å². The molecule has 0 aliphatic rings. The molecule has 22 heavy (non-hydrogen) atoms. The van der Waals surface area contributed by atoms with E-state index in [1.807, 2.05) is 56.3 Å². The van der Waals surface area contributed by atoms with Gasteiger partial charge in [-0.15, -0.1) is 0 Å². The summed E-state index contributed by atoms with van der Waals surface area (Å²) in [5.41, 5.74) is 2.26. The fourth-order valence-electron chi connectivity index (χ4n) is 1.99. The van der Waals surface area contributed by atoms with Crippen molar-refractivity contribution in [2.45, 2.75) is 39.4 Å². The third-order valence-corrected chi connectivity index (χ3v) is 3.50. The molecule has 3 heteroatoms. The first-order chi connectivity index (χ1) is 10.6. The highest BCUT2D eigenvalue weighted by atomic mass is 16.6. The van der Waals surface area contributed by atoms with Crippen LogP contribution in [-0.4, -0.2) is 18.2 Å². The summed E-state index contributed by atoms with van der Waals surface area (Å²) >= 11 is 0. The van der Waals surface area contributed by atoms with E-state index < -0.39 is 6.10 Å². The minimum atomic E-state index is -0.614. The van der Waals surface area contributed by atoms with E-state index in [4.69, 9.17) is 9.47 Å². The molecule has 0 heterocycles. The average molecular weight is 298 g/mol. The maximum Gasteiger partial charge on any atom is 0.347 e. The lowest BCUT2D eigenvalue weighted by Crippen LogP contribution is -2.29. The fraction of sp³-hybridized carbons (Fsp3) is 0.316. The predicted molar refractivity (Wildman–Crippen MR) is 87.8 cm³/mol. The van der Waals surface area contributed by atoms with E-state index >= 15 is 0 Å². The molecule has 0 fully saturated rings. The van der Waals surface area contributed by atoms with Crippen LogP contribution in [0.25, 0.3) is 11.1 Å². The van der Waals surface area contributed by atoms with Crippen LogP contribution in [0.4, 0.5) is 0 Å². The van der Waals surface area contributed by atoms with Gasteiger partial charge in [-0.1, -0.05) is 49.4 Å². The van der Waals surface area contributed by atoms with Crippen LogP contribution in [0.2, 0.25) is 0 Å². The summed E-state index contributed by atoms with van der Waals surface area (Å²) in [7, 11) is 0. The number of carbonyl (C=O) groups excluding carboxylic acids is 1. The van der Waals surface area contributed by atoms with E-state index in [2.05, 4.69) is 12.1 Å². The summed E-state index contributed by atoms with van der Waals surface area (Å²) in [6.45, 7) is 5.56. The summed E-state index contributed by atoms with van der Waals surface area (Å²) in [6.07, 6.45) is 0.0973. The number of hydrogen-bond donors (Lipinski definition) is 0. The third-order valence-electron chi connectivity index (χ3n) is 3.50. The van der Waals surface area contributed by atoms with Crippen LogP contribution in [-0.2, 0) is 9.53 Å². The highest BCUT2D eigenvalue weighted by molar-refractivity contribution is 5.75. The quantitative estimate of drug-likeness (QED) is 0.738. The molecule has 0 aromatic heterocycles. The summed E-state index contributed by atoms with van der Waals surface area (Å²) in [6, 6.07) is 17.8. The summed E-state index contributed by atoms with van der Waals surface area (Å²) in [5.74, 6) is 0.328. The van der Waals surface area contributed by atoms with Crippen LogP contribution in [0.3, 0.4) is 0 Å². The summed E-state index contributed by atoms with van der Waals surface area (Å²) in [4.78, 5) is 11.9. The van der Waals surface area contributed by atoms with Gasteiger partial charge in [-0.2, -0.15) is 0 Å². The van der Waals surface area contributed by atoms with Gasteiger partial charge in [0.2, 0.25) is 0 Å². The molecule has 2 aromatic carbocycles. The van der Waals surface area contributed by atoms with Crippen LogP contribution in [0.1, 0.15) is 27.2 Å². The first-order valence-corrected chi connectivity index (χ1v) is 7.62. The van der Waals surface area contributed by atoms with E-state index in [0.29, 0.717) is 5.75 Å². The third kappa shape index (κ3) is 4.35. The Morgan fingerprint density at radius 1 is 0.955 bits per heavy atom. The second kappa shape index (κ2) is 7.64. The SMILES string of the molecule is CC[C@@H](C)OC(=O)[C@@H](C)Oc1ccc(-c2ccccc2)cc1. The van der Waals surface area contributed by atoms with Crippen molar-refractivity contribution in [3.05, 3.63) is 54.6 Å². The van der Waals surface area contributed by atoms with Gasteiger partial charge in [-0.05, 0) is 43.5 Å². The van der Waals surface area contributed by atoms with Crippen LogP contribution in [0.5, 0.6) is 5.75 Å². The second-order valence-electron chi connectivity index (χ2n) is 5.31. The van der Waals surface area contributed by atoms with Gasteiger partial charge < -0.3 is 9.47 Å². The molecule has 116 valence electrons. The Hall–Kier alpha value is -2.29. The molecule has 3 nitrogen and oxygen atoms in total. The molecule has 0 amide bonds. The van der Waals surface area contributed by atoms with E-state index in [1.165, 1.54) is 0 Å². The van der Waals surface area contributed by atoms with Crippen LogP contribution < -0.4 is 4.74 Å². The summed E-state index contributed by atoms with van der Waals surface area (Å²) in [5, 5.41) is 0. The van der Waals surface area contributed by atoms with Crippen molar-refractivity contribution in [3.8, 4) is 16.9 Å². The molecule has 2 atom stereocenters. The standard InChI is InChI=1S/C19H22O3/c1-4-14(2)21-19(20)15(3)22-18-12-10-17(11-13-18)16-8-6-5-7-9-16/h5-15H,4H2,1-3H3/t14-,15-/m1/s1. The molecule has 2 rings (SSSR count). The molecule has 0 radical (unpaired) electrons. The monoisotopic (exact) mass is 298 g/mol. The summed E-state index contributed by atoms with van der Waals surface area (Å²) < 4.78 is 10.9. The molecule has 0 bridgehead atoms. The zero-order valence-electron chi connectivity index (χ0n) is 13.3. The molecule has 0 aliphatic carbocycles. The molecule has 0 N–H and O–H groups in total.